The van der Waals surface area contributed by atoms with E-state index < -0.39 is 22.0 Å². The number of carbonyl (C=O) groups is 3. The van der Waals surface area contributed by atoms with E-state index in [1.165, 1.54) is 25.3 Å². The van der Waals surface area contributed by atoms with Crippen LogP contribution in [0.4, 0.5) is 10.5 Å². The van der Waals surface area contributed by atoms with E-state index in [4.69, 9.17) is 27.9 Å². The van der Waals surface area contributed by atoms with E-state index in [1.54, 1.807) is 18.2 Å². The Morgan fingerprint density at radius 1 is 1.28 bits per heavy atom. The lowest BCUT2D eigenvalue weighted by molar-refractivity contribution is -0.385. The standard InChI is InChI=1S/C20H15Cl2N3O6S/c1-31-15-6-5-12(9-14(15)25(29)30)18(26)23-7-8-24-19(27)16(32-20(24)28)10-11-3-2-4-13(21)17(11)22/h2-6,9-10H,7-8H2,1H3,(H,23,26). The van der Waals surface area contributed by atoms with E-state index in [-0.39, 0.29) is 40.0 Å². The molecule has 0 spiro atoms. The van der Waals surface area contributed by atoms with Gasteiger partial charge in [-0.1, -0.05) is 35.3 Å². The third-order valence-electron chi connectivity index (χ3n) is 4.40. The van der Waals surface area contributed by atoms with Gasteiger partial charge in [0, 0.05) is 24.7 Å². The van der Waals surface area contributed by atoms with Crippen LogP contribution in [0.5, 0.6) is 5.75 Å². The van der Waals surface area contributed by atoms with Crippen LogP contribution in [0, 0.1) is 10.1 Å². The number of nitro groups is 1. The summed E-state index contributed by atoms with van der Waals surface area (Å²) < 4.78 is 4.90. The third-order valence-corrected chi connectivity index (χ3v) is 6.14. The fourth-order valence-electron chi connectivity index (χ4n) is 2.82. The lowest BCUT2D eigenvalue weighted by Gasteiger charge is -2.13. The average Bonchev–Trinajstić information content (AvgIpc) is 3.03. The van der Waals surface area contributed by atoms with Crippen molar-refractivity contribution in [1.29, 1.82) is 0 Å². The van der Waals surface area contributed by atoms with Crippen molar-refractivity contribution in [2.24, 2.45) is 0 Å². The number of ether oxygens (including phenoxy) is 1. The number of benzene rings is 2. The van der Waals surface area contributed by atoms with Gasteiger partial charge < -0.3 is 10.1 Å². The minimum atomic E-state index is -0.658. The second kappa shape index (κ2) is 10.0. The molecule has 0 bridgehead atoms. The summed E-state index contributed by atoms with van der Waals surface area (Å²) in [4.78, 5) is 48.8. The van der Waals surface area contributed by atoms with Gasteiger partial charge in [-0.3, -0.25) is 29.4 Å². The molecule has 3 amide bonds. The van der Waals surface area contributed by atoms with Crippen LogP contribution < -0.4 is 10.1 Å². The molecule has 9 nitrogen and oxygen atoms in total. The molecule has 0 atom stereocenters. The van der Waals surface area contributed by atoms with Gasteiger partial charge in [0.05, 0.1) is 27.0 Å². The molecule has 1 heterocycles. The zero-order valence-corrected chi connectivity index (χ0v) is 18.8. The number of imide groups is 1. The predicted molar refractivity (Wildman–Crippen MR) is 121 cm³/mol. The van der Waals surface area contributed by atoms with Crippen molar-refractivity contribution in [3.63, 3.8) is 0 Å². The van der Waals surface area contributed by atoms with E-state index in [0.717, 1.165) is 22.7 Å². The van der Waals surface area contributed by atoms with Gasteiger partial charge in [0.1, 0.15) is 0 Å². The Bertz CT molecular complexity index is 1150. The molecule has 1 aliphatic heterocycles. The first kappa shape index (κ1) is 23.6. The molecule has 1 fully saturated rings. The number of hydrogen-bond donors (Lipinski definition) is 1. The summed E-state index contributed by atoms with van der Waals surface area (Å²) in [6.45, 7) is -0.114. The molecule has 2 aromatic carbocycles. The van der Waals surface area contributed by atoms with E-state index in [2.05, 4.69) is 5.32 Å². The molecule has 0 saturated carbocycles. The summed E-state index contributed by atoms with van der Waals surface area (Å²) in [6.07, 6.45) is 1.48. The highest BCUT2D eigenvalue weighted by Crippen LogP contribution is 2.35. The summed E-state index contributed by atoms with van der Waals surface area (Å²) in [5.74, 6) is -1.09. The zero-order valence-electron chi connectivity index (χ0n) is 16.5. The Labute approximate surface area is 196 Å². The first-order valence-corrected chi connectivity index (χ1v) is 10.6. The molecule has 0 aromatic heterocycles. The predicted octanol–water partition coefficient (Wildman–Crippen LogP) is 4.38. The quantitative estimate of drug-likeness (QED) is 0.343. The minimum Gasteiger partial charge on any atom is -0.490 e. The van der Waals surface area contributed by atoms with Gasteiger partial charge in [-0.25, -0.2) is 0 Å². The molecule has 1 aliphatic rings. The van der Waals surface area contributed by atoms with Gasteiger partial charge in [0.15, 0.2) is 5.75 Å². The molecule has 3 rings (SSSR count). The smallest absolute Gasteiger partial charge is 0.311 e. The summed E-state index contributed by atoms with van der Waals surface area (Å²) >= 11 is 12.8. The molecule has 1 saturated heterocycles. The maximum atomic E-state index is 12.6. The van der Waals surface area contributed by atoms with Gasteiger partial charge in [-0.05, 0) is 41.6 Å². The van der Waals surface area contributed by atoms with Crippen LogP contribution in [0.1, 0.15) is 15.9 Å². The van der Waals surface area contributed by atoms with Gasteiger partial charge in [0.25, 0.3) is 17.1 Å². The van der Waals surface area contributed by atoms with Crippen molar-refractivity contribution < 1.29 is 24.0 Å². The number of halogens is 2. The maximum Gasteiger partial charge on any atom is 0.311 e. The van der Waals surface area contributed by atoms with E-state index in [1.807, 2.05) is 0 Å². The van der Waals surface area contributed by atoms with Gasteiger partial charge in [-0.15, -0.1) is 0 Å². The first-order valence-electron chi connectivity index (χ1n) is 9.03. The van der Waals surface area contributed by atoms with Crippen LogP contribution in [-0.2, 0) is 4.79 Å². The Kier molecular flexibility index (Phi) is 7.39. The van der Waals surface area contributed by atoms with Crippen molar-refractivity contribution in [2.75, 3.05) is 20.2 Å². The van der Waals surface area contributed by atoms with Crippen LogP contribution in [0.3, 0.4) is 0 Å². The third kappa shape index (κ3) is 5.04. The Hall–Kier alpha value is -3.08. The zero-order chi connectivity index (χ0) is 23.4. The highest BCUT2D eigenvalue weighted by Gasteiger charge is 2.35. The van der Waals surface area contributed by atoms with Crippen molar-refractivity contribution in [3.8, 4) is 5.75 Å². The lowest BCUT2D eigenvalue weighted by Crippen LogP contribution is -2.37. The molecule has 0 unspecified atom stereocenters. The number of rotatable bonds is 7. The lowest BCUT2D eigenvalue weighted by atomic mass is 10.1. The van der Waals surface area contributed by atoms with Crippen LogP contribution in [0.2, 0.25) is 10.0 Å². The van der Waals surface area contributed by atoms with Crippen LogP contribution >= 0.6 is 35.0 Å². The molecule has 2 aromatic rings. The van der Waals surface area contributed by atoms with Crippen molar-refractivity contribution in [2.45, 2.75) is 0 Å². The van der Waals surface area contributed by atoms with E-state index in [9.17, 15) is 24.5 Å². The van der Waals surface area contributed by atoms with Crippen LogP contribution in [-0.4, -0.2) is 47.1 Å². The molecule has 0 aliphatic carbocycles. The number of nitro benzene ring substituents is 1. The highest BCUT2D eigenvalue weighted by atomic mass is 35.5. The topological polar surface area (TPSA) is 119 Å². The van der Waals surface area contributed by atoms with Crippen LogP contribution in [0.15, 0.2) is 41.3 Å². The number of methoxy groups -OCH3 is 1. The monoisotopic (exact) mass is 495 g/mol. The molecule has 166 valence electrons. The fourth-order valence-corrected chi connectivity index (χ4v) is 4.04. The number of carbonyl (C=O) groups excluding carboxylic acids is 3. The minimum absolute atomic E-state index is 0.0240. The Balaban J connectivity index is 1.64. The summed E-state index contributed by atoms with van der Waals surface area (Å²) in [6, 6.07) is 8.71. The largest absolute Gasteiger partial charge is 0.490 e. The highest BCUT2D eigenvalue weighted by molar-refractivity contribution is 8.18. The second-order valence-electron chi connectivity index (χ2n) is 6.38. The molecule has 12 heteroatoms. The number of hydrogen-bond acceptors (Lipinski definition) is 7. The first-order chi connectivity index (χ1) is 15.2. The summed E-state index contributed by atoms with van der Waals surface area (Å²) in [5.41, 5.74) is 0.192. The molecule has 0 radical (unpaired) electrons. The van der Waals surface area contributed by atoms with Gasteiger partial charge >= 0.3 is 5.69 Å². The molecule has 32 heavy (non-hydrogen) atoms. The van der Waals surface area contributed by atoms with Crippen molar-refractivity contribution in [3.05, 3.63) is 72.6 Å². The summed E-state index contributed by atoms with van der Waals surface area (Å²) in [5, 5.41) is 13.7. The molecule has 1 N–H and O–H groups in total. The maximum absolute atomic E-state index is 12.6. The van der Waals surface area contributed by atoms with Gasteiger partial charge in [0.2, 0.25) is 0 Å². The van der Waals surface area contributed by atoms with E-state index in [0.29, 0.717) is 10.6 Å². The van der Waals surface area contributed by atoms with Crippen molar-refractivity contribution in [1.82, 2.24) is 10.2 Å². The van der Waals surface area contributed by atoms with Crippen molar-refractivity contribution >= 4 is 63.8 Å². The molecular weight excluding hydrogens is 481 g/mol. The average molecular weight is 496 g/mol. The second-order valence-corrected chi connectivity index (χ2v) is 8.15. The normalized spacial score (nSPS) is 14.7. The SMILES string of the molecule is COc1ccc(C(=O)NCCN2C(=O)SC(=Cc3cccc(Cl)c3Cl)C2=O)cc1[N+](=O)[O-]. The Morgan fingerprint density at radius 2 is 2.03 bits per heavy atom. The van der Waals surface area contributed by atoms with Crippen LogP contribution in [0.25, 0.3) is 6.08 Å². The molecular formula is C20H15Cl2N3O6S. The van der Waals surface area contributed by atoms with E-state index >= 15 is 0 Å². The fraction of sp³-hybridized carbons (Fsp3) is 0.150. The number of thioether (sulfide) groups is 1. The van der Waals surface area contributed by atoms with Gasteiger partial charge in [-0.2, -0.15) is 0 Å². The number of amides is 3. The number of nitrogens with one attached hydrogen (secondary N) is 1. The summed E-state index contributed by atoms with van der Waals surface area (Å²) in [7, 11) is 1.28. The number of nitrogens with zero attached hydrogens (tertiary/aromatic N) is 2. The Morgan fingerprint density at radius 3 is 2.72 bits per heavy atom.